The molecule has 0 aliphatic heterocycles. The van der Waals surface area contributed by atoms with Gasteiger partial charge in [0.25, 0.3) is 5.91 Å². The van der Waals surface area contributed by atoms with Crippen LogP contribution >= 0.6 is 11.3 Å². The molecule has 1 aromatic carbocycles. The Bertz CT molecular complexity index is 1010. The minimum Gasteiger partial charge on any atom is -0.462 e. The number of rotatable bonds is 5. The predicted octanol–water partition coefficient (Wildman–Crippen LogP) is 3.34. The number of anilines is 2. The zero-order valence-corrected chi connectivity index (χ0v) is 15.1. The molecule has 0 fully saturated rings. The van der Waals surface area contributed by atoms with Crippen molar-refractivity contribution in [1.29, 1.82) is 0 Å². The Labute approximate surface area is 148 Å². The van der Waals surface area contributed by atoms with Gasteiger partial charge in [-0.15, -0.1) is 11.3 Å². The molecule has 0 saturated carbocycles. The van der Waals surface area contributed by atoms with Crippen molar-refractivity contribution in [2.75, 3.05) is 16.3 Å². The molecule has 2 N–H and O–H groups in total. The lowest BCUT2D eigenvalue weighted by Gasteiger charge is -2.11. The summed E-state index contributed by atoms with van der Waals surface area (Å²) in [5.74, 6) is 0.167. The summed E-state index contributed by atoms with van der Waals surface area (Å²) in [5, 5.41) is 3.30. The molecule has 130 valence electrons. The average molecular weight is 377 g/mol. The summed E-state index contributed by atoms with van der Waals surface area (Å²) in [6.45, 7) is 1.79. The summed E-state index contributed by atoms with van der Waals surface area (Å²) in [7, 11) is -3.46. The molecular formula is C16H15N3O4S2. The standard InChI is InChI=1S/C16H15N3O4S2/c1-10-14(18-16(24-10)13-8-5-9-23-13)15(20)17-11-6-3-4-7-12(11)19-25(2,21)22/h3-9,19H,1-2H3,(H,17,20). The van der Waals surface area contributed by atoms with Crippen LogP contribution in [0.1, 0.15) is 15.4 Å². The topological polar surface area (TPSA) is 101 Å². The highest BCUT2D eigenvalue weighted by atomic mass is 32.2. The van der Waals surface area contributed by atoms with Gasteiger partial charge in [-0.25, -0.2) is 13.4 Å². The molecule has 0 saturated heterocycles. The zero-order chi connectivity index (χ0) is 18.0. The summed E-state index contributed by atoms with van der Waals surface area (Å²) in [4.78, 5) is 17.6. The second kappa shape index (κ2) is 6.69. The smallest absolute Gasteiger partial charge is 0.275 e. The monoisotopic (exact) mass is 377 g/mol. The maximum Gasteiger partial charge on any atom is 0.275 e. The van der Waals surface area contributed by atoms with E-state index >= 15 is 0 Å². The molecule has 25 heavy (non-hydrogen) atoms. The Kier molecular flexibility index (Phi) is 4.60. The lowest BCUT2D eigenvalue weighted by molar-refractivity contribution is 0.102. The van der Waals surface area contributed by atoms with Crippen molar-refractivity contribution in [3.63, 3.8) is 0 Å². The molecule has 2 aromatic heterocycles. The van der Waals surface area contributed by atoms with Crippen molar-refractivity contribution in [3.05, 3.63) is 53.2 Å². The Morgan fingerprint density at radius 1 is 1.16 bits per heavy atom. The van der Waals surface area contributed by atoms with E-state index in [2.05, 4.69) is 15.0 Å². The van der Waals surface area contributed by atoms with Gasteiger partial charge in [0.1, 0.15) is 5.69 Å². The van der Waals surface area contributed by atoms with Crippen molar-refractivity contribution in [3.8, 4) is 10.8 Å². The number of nitrogens with one attached hydrogen (secondary N) is 2. The fourth-order valence-electron chi connectivity index (χ4n) is 2.18. The van der Waals surface area contributed by atoms with E-state index in [1.54, 1.807) is 49.6 Å². The molecule has 0 aliphatic rings. The first-order chi connectivity index (χ1) is 11.8. The van der Waals surface area contributed by atoms with E-state index < -0.39 is 15.9 Å². The third kappa shape index (κ3) is 4.06. The summed E-state index contributed by atoms with van der Waals surface area (Å²) in [5.41, 5.74) is 0.910. The number of amides is 1. The lowest BCUT2D eigenvalue weighted by Crippen LogP contribution is -2.17. The lowest BCUT2D eigenvalue weighted by atomic mass is 10.2. The van der Waals surface area contributed by atoms with Crippen LogP contribution in [0.5, 0.6) is 0 Å². The number of sulfonamides is 1. The van der Waals surface area contributed by atoms with Crippen LogP contribution in [0.3, 0.4) is 0 Å². The number of benzene rings is 1. The zero-order valence-electron chi connectivity index (χ0n) is 13.4. The van der Waals surface area contributed by atoms with E-state index in [1.165, 1.54) is 11.3 Å². The maximum absolute atomic E-state index is 12.6. The fraction of sp³-hybridized carbons (Fsp3) is 0.125. The van der Waals surface area contributed by atoms with Gasteiger partial charge < -0.3 is 9.73 Å². The highest BCUT2D eigenvalue weighted by Gasteiger charge is 2.19. The number of hydrogen-bond donors (Lipinski definition) is 2. The van der Waals surface area contributed by atoms with Gasteiger partial charge in [0.15, 0.2) is 10.8 Å². The van der Waals surface area contributed by atoms with Crippen molar-refractivity contribution < 1.29 is 17.6 Å². The summed E-state index contributed by atoms with van der Waals surface area (Å²) < 4.78 is 30.6. The summed E-state index contributed by atoms with van der Waals surface area (Å²) >= 11 is 1.35. The highest BCUT2D eigenvalue weighted by Crippen LogP contribution is 2.29. The van der Waals surface area contributed by atoms with E-state index in [4.69, 9.17) is 4.42 Å². The summed E-state index contributed by atoms with van der Waals surface area (Å²) in [6.07, 6.45) is 2.59. The van der Waals surface area contributed by atoms with Crippen molar-refractivity contribution in [2.24, 2.45) is 0 Å². The van der Waals surface area contributed by atoms with Crippen molar-refractivity contribution >= 4 is 38.6 Å². The number of thiazole rings is 1. The van der Waals surface area contributed by atoms with Crippen LogP contribution in [-0.2, 0) is 10.0 Å². The van der Waals surface area contributed by atoms with Crippen molar-refractivity contribution in [1.82, 2.24) is 4.98 Å². The first-order valence-corrected chi connectivity index (χ1v) is 9.94. The molecule has 0 spiro atoms. The van der Waals surface area contributed by atoms with Crippen LogP contribution < -0.4 is 10.0 Å². The summed E-state index contributed by atoms with van der Waals surface area (Å²) in [6, 6.07) is 10.1. The minimum atomic E-state index is -3.46. The van der Waals surface area contributed by atoms with Crippen LogP contribution in [0.15, 0.2) is 47.1 Å². The van der Waals surface area contributed by atoms with Crippen molar-refractivity contribution in [2.45, 2.75) is 6.92 Å². The highest BCUT2D eigenvalue weighted by molar-refractivity contribution is 7.92. The molecule has 2 heterocycles. The van der Waals surface area contributed by atoms with Crippen LogP contribution in [-0.4, -0.2) is 25.6 Å². The molecule has 3 aromatic rings. The molecule has 0 atom stereocenters. The number of hydrogen-bond acceptors (Lipinski definition) is 6. The largest absolute Gasteiger partial charge is 0.462 e. The molecule has 7 nitrogen and oxygen atoms in total. The van der Waals surface area contributed by atoms with Crippen LogP contribution in [0.2, 0.25) is 0 Å². The van der Waals surface area contributed by atoms with Gasteiger partial charge >= 0.3 is 0 Å². The molecule has 0 radical (unpaired) electrons. The van der Waals surface area contributed by atoms with E-state index in [0.29, 0.717) is 16.5 Å². The third-order valence-electron chi connectivity index (χ3n) is 3.21. The average Bonchev–Trinajstić information content (AvgIpc) is 3.17. The second-order valence-corrected chi connectivity index (χ2v) is 8.23. The SMILES string of the molecule is Cc1sc(-c2ccco2)nc1C(=O)Nc1ccccc1NS(C)(=O)=O. The number of furan rings is 1. The number of carbonyl (C=O) groups is 1. The van der Waals surface area contributed by atoms with E-state index in [1.807, 2.05) is 0 Å². The Morgan fingerprint density at radius 3 is 2.52 bits per heavy atom. The Balaban J connectivity index is 1.86. The van der Waals surface area contributed by atoms with Gasteiger partial charge in [0.2, 0.25) is 10.0 Å². The number of aryl methyl sites for hydroxylation is 1. The fourth-order valence-corrected chi connectivity index (χ4v) is 3.63. The van der Waals surface area contributed by atoms with Gasteiger partial charge in [-0.1, -0.05) is 12.1 Å². The number of para-hydroxylation sites is 2. The van der Waals surface area contributed by atoms with E-state index in [9.17, 15) is 13.2 Å². The third-order valence-corrected chi connectivity index (χ3v) is 4.79. The molecule has 9 heteroatoms. The Hall–Kier alpha value is -2.65. The normalized spacial score (nSPS) is 11.3. The first kappa shape index (κ1) is 17.2. The van der Waals surface area contributed by atoms with Gasteiger partial charge in [-0.2, -0.15) is 0 Å². The molecule has 1 amide bonds. The van der Waals surface area contributed by atoms with Crippen LogP contribution in [0.4, 0.5) is 11.4 Å². The predicted molar refractivity (Wildman–Crippen MR) is 97.4 cm³/mol. The Morgan fingerprint density at radius 2 is 1.88 bits per heavy atom. The number of carbonyl (C=O) groups excluding carboxylic acids is 1. The maximum atomic E-state index is 12.6. The number of aromatic nitrogens is 1. The molecular weight excluding hydrogens is 362 g/mol. The van der Waals surface area contributed by atoms with E-state index in [0.717, 1.165) is 11.1 Å². The van der Waals surface area contributed by atoms with Crippen LogP contribution in [0.25, 0.3) is 10.8 Å². The quantitative estimate of drug-likeness (QED) is 0.710. The van der Waals surface area contributed by atoms with E-state index in [-0.39, 0.29) is 11.4 Å². The van der Waals surface area contributed by atoms with Gasteiger partial charge in [0, 0.05) is 4.88 Å². The van der Waals surface area contributed by atoms with Crippen LogP contribution in [0, 0.1) is 6.92 Å². The molecule has 0 unspecified atom stereocenters. The molecule has 0 aliphatic carbocycles. The minimum absolute atomic E-state index is 0.269. The molecule has 0 bridgehead atoms. The van der Waals surface area contributed by atoms with Gasteiger partial charge in [0.05, 0.1) is 23.9 Å². The van der Waals surface area contributed by atoms with Gasteiger partial charge in [-0.3, -0.25) is 9.52 Å². The second-order valence-electron chi connectivity index (χ2n) is 5.28. The molecule has 3 rings (SSSR count). The first-order valence-electron chi connectivity index (χ1n) is 7.23. The van der Waals surface area contributed by atoms with Gasteiger partial charge in [-0.05, 0) is 31.2 Å². The number of nitrogens with zero attached hydrogens (tertiary/aromatic N) is 1.